The van der Waals surface area contributed by atoms with Gasteiger partial charge in [0.05, 0.1) is 17.0 Å². The van der Waals surface area contributed by atoms with Gasteiger partial charge in [0.2, 0.25) is 20.0 Å². The van der Waals surface area contributed by atoms with E-state index < -0.39 is 37.8 Å². The van der Waals surface area contributed by atoms with Crippen LogP contribution in [0.25, 0.3) is 0 Å². The van der Waals surface area contributed by atoms with Crippen molar-refractivity contribution in [1.82, 2.24) is 13.9 Å². The Bertz CT molecular complexity index is 1440. The van der Waals surface area contributed by atoms with E-state index in [2.05, 4.69) is 11.3 Å². The van der Waals surface area contributed by atoms with Crippen molar-refractivity contribution in [3.05, 3.63) is 71.6 Å². The summed E-state index contributed by atoms with van der Waals surface area (Å²) >= 11 is 0. The zero-order valence-electron chi connectivity index (χ0n) is 22.4. The van der Waals surface area contributed by atoms with Crippen LogP contribution in [0.5, 0.6) is 0 Å². The third-order valence-corrected chi connectivity index (χ3v) is 10.3. The van der Waals surface area contributed by atoms with Crippen LogP contribution >= 0.6 is 0 Å². The Kier molecular flexibility index (Phi) is 9.46. The fourth-order valence-electron chi connectivity index (χ4n) is 5.04. The summed E-state index contributed by atoms with van der Waals surface area (Å²) in [7, 11) is -7.68. The van der Waals surface area contributed by atoms with Crippen LogP contribution < -0.4 is 9.62 Å². The van der Waals surface area contributed by atoms with Crippen molar-refractivity contribution in [2.45, 2.75) is 55.8 Å². The highest BCUT2D eigenvalue weighted by Gasteiger charge is 2.36. The lowest BCUT2D eigenvalue weighted by Gasteiger charge is -2.33. The first kappa shape index (κ1) is 31.0. The molecular formula is C27H33F3N4O5S2. The number of carbonyl (C=O) groups excluding carboxylic acids is 1. The molecule has 0 saturated carbocycles. The summed E-state index contributed by atoms with van der Waals surface area (Å²) in [4.78, 5) is 16.6. The molecule has 0 spiro atoms. The molecule has 0 aliphatic carbocycles. The molecule has 0 bridgehead atoms. The molecule has 2 aliphatic heterocycles. The van der Waals surface area contributed by atoms with E-state index in [1.807, 2.05) is 0 Å². The van der Waals surface area contributed by atoms with Gasteiger partial charge in [0.15, 0.2) is 0 Å². The number of anilines is 1. The second-order valence-electron chi connectivity index (χ2n) is 10.1. The number of likely N-dealkylation sites (tertiary alicyclic amines) is 1. The summed E-state index contributed by atoms with van der Waals surface area (Å²) in [5, 5.41) is 0.765. The van der Waals surface area contributed by atoms with Gasteiger partial charge >= 0.3 is 12.2 Å². The van der Waals surface area contributed by atoms with Crippen molar-refractivity contribution < 1.29 is 34.8 Å². The highest BCUT2D eigenvalue weighted by atomic mass is 32.2. The van der Waals surface area contributed by atoms with Gasteiger partial charge < -0.3 is 4.90 Å². The summed E-state index contributed by atoms with van der Waals surface area (Å²) in [6.07, 6.45) is -0.728. The standard InChI is InChI=1S/C27H33F3N4O5S2/c1-2-40(36,37)31-19-24-7-6-18-34(24)41(38,39)25-14-12-23(13-15-25)33(26(35)32-16-4-3-5-17-32)20-21-8-10-22(11-9-21)27(28,29)30/h2,8-15,24,31H,1,3-7,16-20H2. The lowest BCUT2D eigenvalue weighted by atomic mass is 10.1. The number of nitrogens with zero attached hydrogens (tertiary/aromatic N) is 3. The maximum atomic E-state index is 13.5. The average Bonchev–Trinajstić information content (AvgIpc) is 3.45. The molecular weight excluding hydrogens is 581 g/mol. The first-order valence-electron chi connectivity index (χ1n) is 13.3. The van der Waals surface area contributed by atoms with Gasteiger partial charge in [-0.05, 0) is 74.1 Å². The monoisotopic (exact) mass is 614 g/mol. The molecule has 2 saturated heterocycles. The third-order valence-electron chi connectivity index (χ3n) is 7.30. The number of piperidine rings is 1. The fraction of sp³-hybridized carbons (Fsp3) is 0.444. The predicted molar refractivity (Wildman–Crippen MR) is 149 cm³/mol. The lowest BCUT2D eigenvalue weighted by Crippen LogP contribution is -2.45. The maximum absolute atomic E-state index is 13.5. The largest absolute Gasteiger partial charge is 0.416 e. The van der Waals surface area contributed by atoms with Crippen LogP contribution in [0.2, 0.25) is 0 Å². The van der Waals surface area contributed by atoms with Crippen LogP contribution in [0, 0.1) is 0 Å². The van der Waals surface area contributed by atoms with Crippen molar-refractivity contribution in [2.75, 3.05) is 31.1 Å². The Labute approximate surface area is 238 Å². The van der Waals surface area contributed by atoms with Crippen molar-refractivity contribution >= 4 is 31.8 Å². The normalized spacial score (nSPS) is 18.8. The van der Waals surface area contributed by atoms with Crippen LogP contribution in [-0.2, 0) is 32.8 Å². The quantitative estimate of drug-likeness (QED) is 0.447. The highest BCUT2D eigenvalue weighted by Crippen LogP contribution is 2.31. The number of sulfonamides is 2. The molecule has 14 heteroatoms. The number of hydrogen-bond acceptors (Lipinski definition) is 5. The molecule has 41 heavy (non-hydrogen) atoms. The second kappa shape index (κ2) is 12.5. The molecule has 2 aliphatic rings. The van der Waals surface area contributed by atoms with E-state index in [0.29, 0.717) is 37.2 Å². The first-order valence-corrected chi connectivity index (χ1v) is 16.3. The Hall–Kier alpha value is -2.94. The van der Waals surface area contributed by atoms with E-state index in [0.717, 1.165) is 36.8 Å². The summed E-state index contributed by atoms with van der Waals surface area (Å²) in [5.74, 6) is 0. The molecule has 0 aromatic heterocycles. The number of benzene rings is 2. The van der Waals surface area contributed by atoms with E-state index in [1.54, 1.807) is 4.90 Å². The van der Waals surface area contributed by atoms with Crippen molar-refractivity contribution in [3.8, 4) is 0 Å². The number of nitrogens with one attached hydrogen (secondary N) is 1. The minimum Gasteiger partial charge on any atom is -0.324 e. The van der Waals surface area contributed by atoms with Gasteiger partial charge in [-0.25, -0.2) is 26.4 Å². The predicted octanol–water partition coefficient (Wildman–Crippen LogP) is 4.53. The van der Waals surface area contributed by atoms with Gasteiger partial charge in [-0.15, -0.1) is 0 Å². The number of carbonyl (C=O) groups is 1. The molecule has 1 atom stereocenters. The minimum atomic E-state index is -4.48. The molecule has 9 nitrogen and oxygen atoms in total. The topological polar surface area (TPSA) is 107 Å². The zero-order valence-corrected chi connectivity index (χ0v) is 24.0. The fourth-order valence-corrected chi connectivity index (χ4v) is 7.28. The molecule has 0 radical (unpaired) electrons. The number of rotatable bonds is 9. The average molecular weight is 615 g/mol. The van der Waals surface area contributed by atoms with E-state index in [1.165, 1.54) is 45.6 Å². The molecule has 1 unspecified atom stereocenters. The second-order valence-corrected chi connectivity index (χ2v) is 13.7. The van der Waals surface area contributed by atoms with Crippen molar-refractivity contribution in [1.29, 1.82) is 0 Å². The molecule has 2 fully saturated rings. The SMILES string of the molecule is C=CS(=O)(=O)NCC1CCCN1S(=O)(=O)c1ccc(N(Cc2ccc(C(F)(F)F)cc2)C(=O)N2CCCCC2)cc1. The van der Waals surface area contributed by atoms with Gasteiger partial charge in [0.1, 0.15) is 0 Å². The Balaban J connectivity index is 1.57. The van der Waals surface area contributed by atoms with Crippen LogP contribution in [-0.4, -0.2) is 64.3 Å². The van der Waals surface area contributed by atoms with Gasteiger partial charge in [-0.3, -0.25) is 4.90 Å². The van der Waals surface area contributed by atoms with E-state index >= 15 is 0 Å². The zero-order chi connectivity index (χ0) is 29.8. The van der Waals surface area contributed by atoms with Gasteiger partial charge in [0, 0.05) is 43.3 Å². The number of alkyl halides is 3. The lowest BCUT2D eigenvalue weighted by molar-refractivity contribution is -0.137. The van der Waals surface area contributed by atoms with Crippen LogP contribution in [0.4, 0.5) is 23.7 Å². The molecule has 2 aromatic rings. The smallest absolute Gasteiger partial charge is 0.324 e. The van der Waals surface area contributed by atoms with Crippen LogP contribution in [0.3, 0.4) is 0 Å². The van der Waals surface area contributed by atoms with E-state index in [4.69, 9.17) is 0 Å². The van der Waals surface area contributed by atoms with Gasteiger partial charge in [-0.1, -0.05) is 18.7 Å². The summed E-state index contributed by atoms with van der Waals surface area (Å²) in [5.41, 5.74) is 0.0975. The van der Waals surface area contributed by atoms with Crippen LogP contribution in [0.1, 0.15) is 43.2 Å². The Morgan fingerprint density at radius 1 is 0.951 bits per heavy atom. The molecule has 2 aromatic carbocycles. The van der Waals surface area contributed by atoms with Crippen molar-refractivity contribution in [2.24, 2.45) is 0 Å². The number of urea groups is 1. The molecule has 4 rings (SSSR count). The maximum Gasteiger partial charge on any atom is 0.416 e. The summed E-state index contributed by atoms with van der Waals surface area (Å²) in [6, 6.07) is 9.49. The summed E-state index contributed by atoms with van der Waals surface area (Å²) in [6.45, 7) is 4.50. The molecule has 224 valence electrons. The first-order chi connectivity index (χ1) is 19.3. The van der Waals surface area contributed by atoms with E-state index in [9.17, 15) is 34.8 Å². The number of halogens is 3. The Morgan fingerprint density at radius 3 is 2.17 bits per heavy atom. The van der Waals surface area contributed by atoms with Crippen molar-refractivity contribution in [3.63, 3.8) is 0 Å². The number of hydrogen-bond donors (Lipinski definition) is 1. The van der Waals surface area contributed by atoms with Gasteiger partial charge in [-0.2, -0.15) is 17.5 Å². The molecule has 2 amide bonds. The minimum absolute atomic E-state index is 0.00276. The molecule has 1 N–H and O–H groups in total. The van der Waals surface area contributed by atoms with E-state index in [-0.39, 0.29) is 30.6 Å². The highest BCUT2D eigenvalue weighted by molar-refractivity contribution is 7.92. The Morgan fingerprint density at radius 2 is 1.59 bits per heavy atom. The summed E-state index contributed by atoms with van der Waals surface area (Å²) < 4.78 is 93.2. The molecule has 2 heterocycles. The third kappa shape index (κ3) is 7.48. The number of amides is 2. The van der Waals surface area contributed by atoms with Gasteiger partial charge in [0.25, 0.3) is 0 Å². The van der Waals surface area contributed by atoms with Crippen LogP contribution in [0.15, 0.2) is 65.4 Å².